The SMILES string of the molecule is CCC(C)C1NC(=O)C1(C)C. The molecule has 1 aliphatic heterocycles. The van der Waals surface area contributed by atoms with Crippen LogP contribution in [0.5, 0.6) is 0 Å². The molecule has 1 fully saturated rings. The molecule has 2 atom stereocenters. The second-order valence-electron chi connectivity index (χ2n) is 4.06. The molecule has 0 aromatic rings. The van der Waals surface area contributed by atoms with Crippen molar-refractivity contribution in [2.45, 2.75) is 40.2 Å². The molecule has 11 heavy (non-hydrogen) atoms. The average Bonchev–Trinajstić information content (AvgIpc) is 1.98. The summed E-state index contributed by atoms with van der Waals surface area (Å²) < 4.78 is 0. The van der Waals surface area contributed by atoms with Crippen LogP contribution in [0.25, 0.3) is 0 Å². The molecule has 1 saturated heterocycles. The molecule has 0 spiro atoms. The van der Waals surface area contributed by atoms with Crippen molar-refractivity contribution in [1.82, 2.24) is 5.32 Å². The normalized spacial score (nSPS) is 30.5. The number of hydrogen-bond acceptors (Lipinski definition) is 1. The highest BCUT2D eigenvalue weighted by Gasteiger charge is 2.48. The zero-order valence-corrected chi connectivity index (χ0v) is 7.77. The molecule has 2 nitrogen and oxygen atoms in total. The zero-order valence-electron chi connectivity index (χ0n) is 7.77. The Bertz CT molecular complexity index is 174. The summed E-state index contributed by atoms with van der Waals surface area (Å²) in [6.45, 7) is 8.38. The lowest BCUT2D eigenvalue weighted by Gasteiger charge is -2.47. The predicted octanol–water partition coefficient (Wildman–Crippen LogP) is 1.56. The Labute approximate surface area is 68.4 Å². The van der Waals surface area contributed by atoms with E-state index in [9.17, 15) is 4.79 Å². The van der Waals surface area contributed by atoms with Gasteiger partial charge in [0.15, 0.2) is 0 Å². The molecule has 0 bridgehead atoms. The summed E-state index contributed by atoms with van der Waals surface area (Å²) in [5.41, 5.74) is -0.130. The second kappa shape index (κ2) is 2.50. The Hall–Kier alpha value is -0.530. The summed E-state index contributed by atoms with van der Waals surface area (Å²) in [4.78, 5) is 11.1. The van der Waals surface area contributed by atoms with Gasteiger partial charge in [0, 0.05) is 6.04 Å². The van der Waals surface area contributed by atoms with Crippen molar-refractivity contribution in [2.75, 3.05) is 0 Å². The van der Waals surface area contributed by atoms with E-state index in [1.165, 1.54) is 0 Å². The van der Waals surface area contributed by atoms with Gasteiger partial charge in [-0.1, -0.05) is 20.3 Å². The van der Waals surface area contributed by atoms with E-state index in [-0.39, 0.29) is 11.3 Å². The third-order valence-electron chi connectivity index (χ3n) is 2.86. The lowest BCUT2D eigenvalue weighted by Crippen LogP contribution is -2.66. The van der Waals surface area contributed by atoms with Gasteiger partial charge >= 0.3 is 0 Å². The lowest BCUT2D eigenvalue weighted by molar-refractivity contribution is -0.145. The number of amides is 1. The van der Waals surface area contributed by atoms with E-state index in [1.807, 2.05) is 13.8 Å². The van der Waals surface area contributed by atoms with Crippen LogP contribution in [0.1, 0.15) is 34.1 Å². The first-order chi connectivity index (χ1) is 5.00. The standard InChI is InChI=1S/C9H17NO/c1-5-6(2)7-9(3,4)8(11)10-7/h6-7H,5H2,1-4H3,(H,10,11). The van der Waals surface area contributed by atoms with Crippen LogP contribution in [0, 0.1) is 11.3 Å². The van der Waals surface area contributed by atoms with Gasteiger partial charge in [0.25, 0.3) is 0 Å². The Morgan fingerprint density at radius 3 is 2.45 bits per heavy atom. The monoisotopic (exact) mass is 155 g/mol. The first-order valence-corrected chi connectivity index (χ1v) is 4.31. The molecule has 64 valence electrons. The fourth-order valence-corrected chi connectivity index (χ4v) is 1.66. The first kappa shape index (κ1) is 8.57. The predicted molar refractivity (Wildman–Crippen MR) is 45.2 cm³/mol. The van der Waals surface area contributed by atoms with Gasteiger partial charge in [-0.3, -0.25) is 4.79 Å². The van der Waals surface area contributed by atoms with Crippen LogP contribution in [-0.4, -0.2) is 11.9 Å². The molecule has 2 unspecified atom stereocenters. The van der Waals surface area contributed by atoms with E-state index in [0.717, 1.165) is 6.42 Å². The summed E-state index contributed by atoms with van der Waals surface area (Å²) >= 11 is 0. The highest BCUT2D eigenvalue weighted by molar-refractivity contribution is 5.89. The maximum atomic E-state index is 11.1. The molecular weight excluding hydrogens is 138 g/mol. The van der Waals surface area contributed by atoms with Gasteiger partial charge in [0.2, 0.25) is 5.91 Å². The van der Waals surface area contributed by atoms with Gasteiger partial charge in [-0.15, -0.1) is 0 Å². The molecule has 1 N–H and O–H groups in total. The molecule has 2 heteroatoms. The van der Waals surface area contributed by atoms with Crippen molar-refractivity contribution in [3.8, 4) is 0 Å². The van der Waals surface area contributed by atoms with E-state index in [4.69, 9.17) is 0 Å². The maximum Gasteiger partial charge on any atom is 0.228 e. The van der Waals surface area contributed by atoms with Gasteiger partial charge in [0.1, 0.15) is 0 Å². The summed E-state index contributed by atoms with van der Waals surface area (Å²) in [5.74, 6) is 0.797. The molecule has 1 aliphatic rings. The molecule has 1 heterocycles. The average molecular weight is 155 g/mol. The van der Waals surface area contributed by atoms with Crippen molar-refractivity contribution >= 4 is 5.91 Å². The molecule has 1 rings (SSSR count). The van der Waals surface area contributed by atoms with Gasteiger partial charge in [-0.25, -0.2) is 0 Å². The molecule has 0 aliphatic carbocycles. The van der Waals surface area contributed by atoms with Crippen molar-refractivity contribution in [3.63, 3.8) is 0 Å². The fraction of sp³-hybridized carbons (Fsp3) is 0.889. The minimum absolute atomic E-state index is 0.130. The molecule has 0 aromatic carbocycles. The van der Waals surface area contributed by atoms with E-state index in [0.29, 0.717) is 12.0 Å². The van der Waals surface area contributed by atoms with Crippen molar-refractivity contribution < 1.29 is 4.79 Å². The van der Waals surface area contributed by atoms with Crippen LogP contribution >= 0.6 is 0 Å². The smallest absolute Gasteiger partial charge is 0.228 e. The summed E-state index contributed by atoms with van der Waals surface area (Å²) in [7, 11) is 0. The number of rotatable bonds is 2. The molecule has 0 saturated carbocycles. The van der Waals surface area contributed by atoms with Crippen molar-refractivity contribution in [2.24, 2.45) is 11.3 Å². The molecular formula is C9H17NO. The Morgan fingerprint density at radius 2 is 2.18 bits per heavy atom. The third kappa shape index (κ3) is 1.15. The minimum Gasteiger partial charge on any atom is -0.352 e. The number of nitrogens with one attached hydrogen (secondary N) is 1. The van der Waals surface area contributed by atoms with Crippen LogP contribution in [0.4, 0.5) is 0 Å². The van der Waals surface area contributed by atoms with E-state index < -0.39 is 0 Å². The molecule has 0 radical (unpaired) electrons. The Kier molecular flexibility index (Phi) is 1.95. The third-order valence-corrected chi connectivity index (χ3v) is 2.86. The van der Waals surface area contributed by atoms with Gasteiger partial charge < -0.3 is 5.32 Å². The largest absolute Gasteiger partial charge is 0.352 e. The molecule has 1 amide bonds. The number of carbonyl (C=O) groups is 1. The molecule has 0 aromatic heterocycles. The van der Waals surface area contributed by atoms with Crippen LogP contribution in [0.15, 0.2) is 0 Å². The summed E-state index contributed by atoms with van der Waals surface area (Å²) in [6, 6.07) is 0.389. The van der Waals surface area contributed by atoms with E-state index in [2.05, 4.69) is 19.2 Å². The topological polar surface area (TPSA) is 29.1 Å². The van der Waals surface area contributed by atoms with Gasteiger partial charge in [-0.2, -0.15) is 0 Å². The van der Waals surface area contributed by atoms with Gasteiger partial charge in [0.05, 0.1) is 5.41 Å². The van der Waals surface area contributed by atoms with Crippen LogP contribution in [0.3, 0.4) is 0 Å². The quantitative estimate of drug-likeness (QED) is 0.602. The number of β-lactam (4-membered cyclic amide) rings is 1. The number of carbonyl (C=O) groups excluding carboxylic acids is 1. The second-order valence-corrected chi connectivity index (χ2v) is 4.06. The summed E-state index contributed by atoms with van der Waals surface area (Å²) in [6.07, 6.45) is 1.13. The number of hydrogen-bond donors (Lipinski definition) is 1. The van der Waals surface area contributed by atoms with Crippen LogP contribution in [0.2, 0.25) is 0 Å². The Morgan fingerprint density at radius 1 is 1.64 bits per heavy atom. The van der Waals surface area contributed by atoms with Crippen molar-refractivity contribution in [1.29, 1.82) is 0 Å². The maximum absolute atomic E-state index is 11.1. The van der Waals surface area contributed by atoms with E-state index >= 15 is 0 Å². The highest BCUT2D eigenvalue weighted by Crippen LogP contribution is 2.35. The van der Waals surface area contributed by atoms with E-state index in [1.54, 1.807) is 0 Å². The zero-order chi connectivity index (χ0) is 8.65. The lowest BCUT2D eigenvalue weighted by atomic mass is 9.70. The Balaban J connectivity index is 2.59. The minimum atomic E-state index is -0.130. The highest BCUT2D eigenvalue weighted by atomic mass is 16.2. The summed E-state index contributed by atoms with van der Waals surface area (Å²) in [5, 5.41) is 2.94. The van der Waals surface area contributed by atoms with Crippen molar-refractivity contribution in [3.05, 3.63) is 0 Å². The first-order valence-electron chi connectivity index (χ1n) is 4.31. The van der Waals surface area contributed by atoms with Crippen LogP contribution < -0.4 is 5.32 Å². The van der Waals surface area contributed by atoms with Gasteiger partial charge in [-0.05, 0) is 19.8 Å². The van der Waals surface area contributed by atoms with Crippen LogP contribution in [-0.2, 0) is 4.79 Å². The fourth-order valence-electron chi connectivity index (χ4n) is 1.66.